The topological polar surface area (TPSA) is 72.5 Å². The first-order valence-corrected chi connectivity index (χ1v) is 6.90. The first-order chi connectivity index (χ1) is 10.1. The zero-order chi connectivity index (χ0) is 15.1. The van der Waals surface area contributed by atoms with E-state index in [4.69, 9.17) is 22.1 Å². The van der Waals surface area contributed by atoms with Crippen molar-refractivity contribution >= 4 is 23.2 Å². The maximum absolute atomic E-state index is 5.93. The van der Waals surface area contributed by atoms with E-state index in [2.05, 4.69) is 15.3 Å². The molecule has 0 bridgehead atoms. The Bertz CT molecular complexity index is 613. The molecule has 0 amide bonds. The number of aromatic nitrogens is 1. The fourth-order valence-electron chi connectivity index (χ4n) is 1.61. The highest BCUT2D eigenvalue weighted by Crippen LogP contribution is 2.19. The third-order valence-corrected chi connectivity index (χ3v) is 2.95. The fourth-order valence-corrected chi connectivity index (χ4v) is 1.79. The summed E-state index contributed by atoms with van der Waals surface area (Å²) in [4.78, 5) is 8.20. The van der Waals surface area contributed by atoms with Crippen LogP contribution in [-0.2, 0) is 0 Å². The molecule has 0 aliphatic rings. The molecule has 0 spiro atoms. The van der Waals surface area contributed by atoms with Gasteiger partial charge < -0.3 is 15.8 Å². The average molecular weight is 305 g/mol. The third-order valence-electron chi connectivity index (χ3n) is 2.66. The fraction of sp³-hybridized carbons (Fsp3) is 0.200. The largest absolute Gasteiger partial charge is 0.475 e. The second kappa shape index (κ2) is 7.50. The van der Waals surface area contributed by atoms with E-state index in [1.165, 1.54) is 5.56 Å². The highest BCUT2D eigenvalue weighted by atomic mass is 35.5. The number of guanidine groups is 1. The van der Waals surface area contributed by atoms with Crippen LogP contribution >= 0.6 is 11.6 Å². The first-order valence-electron chi connectivity index (χ1n) is 6.52. The molecule has 0 saturated heterocycles. The summed E-state index contributed by atoms with van der Waals surface area (Å²) < 4.78 is 5.42. The Morgan fingerprint density at radius 1 is 1.33 bits per heavy atom. The molecule has 2 rings (SSSR count). The predicted octanol–water partition coefficient (Wildman–Crippen LogP) is 2.85. The summed E-state index contributed by atoms with van der Waals surface area (Å²) in [5, 5.41) is 3.49. The van der Waals surface area contributed by atoms with E-state index in [1.807, 2.05) is 31.2 Å². The number of pyridine rings is 1. The standard InChI is InChI=1S/C15H17ClN4O/c1-11-4-6-12(7-5-11)20-15(17)19-9-10-21-14-13(16)3-2-8-18-14/h2-8H,9-10H2,1H3,(H3,17,19,20). The molecular weight excluding hydrogens is 288 g/mol. The van der Waals surface area contributed by atoms with E-state index in [1.54, 1.807) is 18.3 Å². The summed E-state index contributed by atoms with van der Waals surface area (Å²) in [5.41, 5.74) is 7.88. The van der Waals surface area contributed by atoms with Crippen molar-refractivity contribution in [3.8, 4) is 5.88 Å². The quantitative estimate of drug-likeness (QED) is 0.506. The molecule has 0 unspecified atom stereocenters. The molecule has 1 aromatic carbocycles. The van der Waals surface area contributed by atoms with Gasteiger partial charge in [0, 0.05) is 11.9 Å². The van der Waals surface area contributed by atoms with Crippen molar-refractivity contribution < 1.29 is 4.74 Å². The Balaban J connectivity index is 1.78. The number of aryl methyl sites for hydroxylation is 1. The van der Waals surface area contributed by atoms with Crippen LogP contribution in [-0.4, -0.2) is 24.1 Å². The second-order valence-corrected chi connectivity index (χ2v) is 4.80. The maximum Gasteiger partial charge on any atom is 0.232 e. The number of anilines is 1. The van der Waals surface area contributed by atoms with Gasteiger partial charge in [-0.05, 0) is 31.2 Å². The molecule has 110 valence electrons. The minimum Gasteiger partial charge on any atom is -0.475 e. The van der Waals surface area contributed by atoms with E-state index in [-0.39, 0.29) is 0 Å². The number of aliphatic imine (C=N–C) groups is 1. The van der Waals surface area contributed by atoms with E-state index in [9.17, 15) is 0 Å². The van der Waals surface area contributed by atoms with Crippen LogP contribution in [0.1, 0.15) is 5.56 Å². The van der Waals surface area contributed by atoms with Crippen molar-refractivity contribution in [2.24, 2.45) is 10.7 Å². The van der Waals surface area contributed by atoms with Gasteiger partial charge in [-0.15, -0.1) is 0 Å². The molecule has 2 aromatic rings. The minimum absolute atomic E-state index is 0.342. The van der Waals surface area contributed by atoms with Crippen LogP contribution in [0.25, 0.3) is 0 Å². The Morgan fingerprint density at radius 3 is 2.81 bits per heavy atom. The normalized spacial score (nSPS) is 11.2. The van der Waals surface area contributed by atoms with Gasteiger partial charge in [0.05, 0.1) is 6.54 Å². The van der Waals surface area contributed by atoms with E-state index >= 15 is 0 Å². The van der Waals surface area contributed by atoms with Crippen LogP contribution in [0.5, 0.6) is 5.88 Å². The number of nitrogens with zero attached hydrogens (tertiary/aromatic N) is 2. The van der Waals surface area contributed by atoms with Gasteiger partial charge in [-0.25, -0.2) is 9.98 Å². The Labute approximate surface area is 128 Å². The lowest BCUT2D eigenvalue weighted by atomic mass is 10.2. The number of halogens is 1. The van der Waals surface area contributed by atoms with Gasteiger partial charge in [0.15, 0.2) is 5.96 Å². The predicted molar refractivity (Wildman–Crippen MR) is 86.0 cm³/mol. The summed E-state index contributed by atoms with van der Waals surface area (Å²) in [7, 11) is 0. The third kappa shape index (κ3) is 4.96. The SMILES string of the molecule is Cc1ccc(NC(N)=NCCOc2ncccc2Cl)cc1. The number of nitrogens with two attached hydrogens (primary N) is 1. The molecule has 0 fully saturated rings. The zero-order valence-electron chi connectivity index (χ0n) is 11.7. The molecule has 1 heterocycles. The summed E-state index contributed by atoms with van der Waals surface area (Å²) in [6.07, 6.45) is 1.62. The molecule has 5 nitrogen and oxygen atoms in total. The lowest BCUT2D eigenvalue weighted by molar-refractivity contribution is 0.316. The zero-order valence-corrected chi connectivity index (χ0v) is 12.5. The average Bonchev–Trinajstić information content (AvgIpc) is 2.48. The maximum atomic E-state index is 5.93. The van der Waals surface area contributed by atoms with Gasteiger partial charge in [0.2, 0.25) is 5.88 Å². The Kier molecular flexibility index (Phi) is 5.40. The summed E-state index contributed by atoms with van der Waals surface area (Å²) in [6.45, 7) is 2.80. The van der Waals surface area contributed by atoms with Crippen molar-refractivity contribution in [1.82, 2.24) is 4.98 Å². The van der Waals surface area contributed by atoms with Crippen LogP contribution < -0.4 is 15.8 Å². The van der Waals surface area contributed by atoms with Gasteiger partial charge in [-0.2, -0.15) is 0 Å². The molecule has 0 radical (unpaired) electrons. The minimum atomic E-state index is 0.342. The lowest BCUT2D eigenvalue weighted by Gasteiger charge is -2.07. The van der Waals surface area contributed by atoms with Crippen LogP contribution in [0, 0.1) is 6.92 Å². The molecule has 6 heteroatoms. The van der Waals surface area contributed by atoms with Crippen molar-refractivity contribution in [2.75, 3.05) is 18.5 Å². The Hall–Kier alpha value is -2.27. The number of nitrogens with one attached hydrogen (secondary N) is 1. The number of rotatable bonds is 5. The van der Waals surface area contributed by atoms with Gasteiger partial charge in [0.25, 0.3) is 0 Å². The van der Waals surface area contributed by atoms with Crippen LogP contribution in [0.4, 0.5) is 5.69 Å². The summed E-state index contributed by atoms with van der Waals surface area (Å²) in [6, 6.07) is 11.4. The summed E-state index contributed by atoms with van der Waals surface area (Å²) >= 11 is 5.93. The van der Waals surface area contributed by atoms with E-state index in [0.29, 0.717) is 30.0 Å². The molecule has 0 saturated carbocycles. The smallest absolute Gasteiger partial charge is 0.232 e. The molecular formula is C15H17ClN4O. The highest BCUT2D eigenvalue weighted by Gasteiger charge is 2.00. The monoisotopic (exact) mass is 304 g/mol. The molecule has 1 aromatic heterocycles. The number of benzene rings is 1. The van der Waals surface area contributed by atoms with Crippen molar-refractivity contribution in [1.29, 1.82) is 0 Å². The molecule has 0 atom stereocenters. The van der Waals surface area contributed by atoms with Crippen LogP contribution in [0.3, 0.4) is 0 Å². The first kappa shape index (κ1) is 15.1. The molecule has 0 aliphatic carbocycles. The number of ether oxygens (including phenoxy) is 1. The van der Waals surface area contributed by atoms with Crippen molar-refractivity contribution in [3.05, 3.63) is 53.2 Å². The van der Waals surface area contributed by atoms with Crippen LogP contribution in [0.2, 0.25) is 5.02 Å². The van der Waals surface area contributed by atoms with Crippen molar-refractivity contribution in [2.45, 2.75) is 6.92 Å². The van der Waals surface area contributed by atoms with Gasteiger partial charge in [0.1, 0.15) is 11.6 Å². The van der Waals surface area contributed by atoms with E-state index in [0.717, 1.165) is 5.69 Å². The van der Waals surface area contributed by atoms with Gasteiger partial charge in [-0.1, -0.05) is 29.3 Å². The number of hydrogen-bond donors (Lipinski definition) is 2. The molecule has 3 N–H and O–H groups in total. The lowest BCUT2D eigenvalue weighted by Crippen LogP contribution is -2.23. The Morgan fingerprint density at radius 2 is 2.10 bits per heavy atom. The molecule has 21 heavy (non-hydrogen) atoms. The van der Waals surface area contributed by atoms with Crippen molar-refractivity contribution in [3.63, 3.8) is 0 Å². The van der Waals surface area contributed by atoms with Gasteiger partial charge in [-0.3, -0.25) is 0 Å². The van der Waals surface area contributed by atoms with Gasteiger partial charge >= 0.3 is 0 Å². The number of hydrogen-bond acceptors (Lipinski definition) is 3. The highest BCUT2D eigenvalue weighted by molar-refractivity contribution is 6.31. The molecule has 0 aliphatic heterocycles. The van der Waals surface area contributed by atoms with E-state index < -0.39 is 0 Å². The van der Waals surface area contributed by atoms with Crippen LogP contribution in [0.15, 0.2) is 47.6 Å². The summed E-state index contributed by atoms with van der Waals surface area (Å²) in [5.74, 6) is 0.744. The second-order valence-electron chi connectivity index (χ2n) is 4.40.